The third kappa shape index (κ3) is 4.96. The highest BCUT2D eigenvalue weighted by Gasteiger charge is 2.18. The van der Waals surface area contributed by atoms with Crippen molar-refractivity contribution < 1.29 is 0 Å². The van der Waals surface area contributed by atoms with Gasteiger partial charge in [0.1, 0.15) is 0 Å². The van der Waals surface area contributed by atoms with Crippen molar-refractivity contribution in [2.45, 2.75) is 51.1 Å². The molecule has 1 aromatic rings. The van der Waals surface area contributed by atoms with E-state index in [0.29, 0.717) is 6.04 Å². The molecule has 1 saturated heterocycles. The summed E-state index contributed by atoms with van der Waals surface area (Å²) in [7, 11) is 2.26. The number of benzene rings is 1. The van der Waals surface area contributed by atoms with Crippen LogP contribution in [0.2, 0.25) is 0 Å². The fraction of sp³-hybridized carbons (Fsp3) is 0.647. The number of piperidine rings is 1. The van der Waals surface area contributed by atoms with E-state index in [2.05, 4.69) is 54.5 Å². The molecule has 2 nitrogen and oxygen atoms in total. The summed E-state index contributed by atoms with van der Waals surface area (Å²) in [5.74, 6) is 0. The molecule has 1 aliphatic heterocycles. The van der Waals surface area contributed by atoms with Crippen LogP contribution in [-0.2, 0) is 6.42 Å². The Morgan fingerprint density at radius 3 is 2.74 bits per heavy atom. The van der Waals surface area contributed by atoms with Gasteiger partial charge in [0.25, 0.3) is 0 Å². The lowest BCUT2D eigenvalue weighted by molar-refractivity contribution is 0.218. The maximum absolute atomic E-state index is 3.65. The molecular weight excluding hydrogens is 232 g/mol. The van der Waals surface area contributed by atoms with Gasteiger partial charge in [0.15, 0.2) is 0 Å². The maximum Gasteiger partial charge on any atom is 0.00818 e. The monoisotopic (exact) mass is 260 g/mol. The molecule has 0 aliphatic carbocycles. The van der Waals surface area contributed by atoms with E-state index in [1.54, 1.807) is 0 Å². The minimum absolute atomic E-state index is 0.666. The van der Waals surface area contributed by atoms with E-state index in [4.69, 9.17) is 0 Å². The minimum Gasteiger partial charge on any atom is -0.314 e. The quantitative estimate of drug-likeness (QED) is 0.845. The van der Waals surface area contributed by atoms with E-state index in [-0.39, 0.29) is 0 Å². The zero-order valence-corrected chi connectivity index (χ0v) is 12.4. The summed E-state index contributed by atoms with van der Waals surface area (Å²) in [5, 5.41) is 3.65. The molecule has 2 heteroatoms. The van der Waals surface area contributed by atoms with Gasteiger partial charge in [-0.3, -0.25) is 0 Å². The zero-order valence-electron chi connectivity index (χ0n) is 12.4. The van der Waals surface area contributed by atoms with Crippen LogP contribution in [0.5, 0.6) is 0 Å². The third-order valence-corrected chi connectivity index (χ3v) is 4.39. The Morgan fingerprint density at radius 2 is 2.05 bits per heavy atom. The molecule has 1 aromatic carbocycles. The van der Waals surface area contributed by atoms with Crippen LogP contribution in [0.3, 0.4) is 0 Å². The van der Waals surface area contributed by atoms with Crippen molar-refractivity contribution in [2.24, 2.45) is 0 Å². The highest BCUT2D eigenvalue weighted by atomic mass is 15.1. The Kier molecular flexibility index (Phi) is 5.87. The van der Waals surface area contributed by atoms with Crippen molar-refractivity contribution in [1.29, 1.82) is 0 Å². The minimum atomic E-state index is 0.666. The van der Waals surface area contributed by atoms with Crippen LogP contribution in [0.4, 0.5) is 0 Å². The van der Waals surface area contributed by atoms with Gasteiger partial charge >= 0.3 is 0 Å². The predicted octanol–water partition coefficient (Wildman–Crippen LogP) is 3.08. The fourth-order valence-electron chi connectivity index (χ4n) is 2.89. The van der Waals surface area contributed by atoms with Gasteiger partial charge in [0, 0.05) is 18.6 Å². The number of nitrogens with one attached hydrogen (secondary N) is 1. The first kappa shape index (κ1) is 14.5. The number of rotatable bonds is 6. The summed E-state index contributed by atoms with van der Waals surface area (Å²) in [6, 6.07) is 12.2. The lowest BCUT2D eigenvalue weighted by atomic mass is 9.98. The Balaban J connectivity index is 1.71. The Bertz CT molecular complexity index is 344. The van der Waals surface area contributed by atoms with Gasteiger partial charge in [-0.2, -0.15) is 0 Å². The van der Waals surface area contributed by atoms with E-state index >= 15 is 0 Å². The lowest BCUT2D eigenvalue weighted by Gasteiger charge is -2.31. The zero-order chi connectivity index (χ0) is 13.5. The highest BCUT2D eigenvalue weighted by molar-refractivity contribution is 5.14. The number of hydrogen-bond donors (Lipinski definition) is 1. The molecule has 0 saturated carbocycles. The van der Waals surface area contributed by atoms with Gasteiger partial charge in [-0.05, 0) is 51.8 Å². The molecule has 106 valence electrons. The Labute approximate surface area is 118 Å². The van der Waals surface area contributed by atoms with Crippen LogP contribution >= 0.6 is 0 Å². The highest BCUT2D eigenvalue weighted by Crippen LogP contribution is 2.14. The van der Waals surface area contributed by atoms with Gasteiger partial charge in [-0.25, -0.2) is 0 Å². The molecule has 1 aliphatic rings. The molecule has 0 bridgehead atoms. The molecule has 1 N–H and O–H groups in total. The largest absolute Gasteiger partial charge is 0.314 e. The molecule has 0 aromatic heterocycles. The van der Waals surface area contributed by atoms with Crippen LogP contribution in [-0.4, -0.2) is 37.1 Å². The molecule has 19 heavy (non-hydrogen) atoms. The van der Waals surface area contributed by atoms with Crippen molar-refractivity contribution in [3.63, 3.8) is 0 Å². The van der Waals surface area contributed by atoms with E-state index in [0.717, 1.165) is 19.0 Å². The molecule has 1 heterocycles. The van der Waals surface area contributed by atoms with Gasteiger partial charge in [-0.15, -0.1) is 0 Å². The van der Waals surface area contributed by atoms with Crippen molar-refractivity contribution in [2.75, 3.05) is 20.1 Å². The molecular formula is C17H28N2. The summed E-state index contributed by atoms with van der Waals surface area (Å²) in [6.07, 6.45) is 6.55. The van der Waals surface area contributed by atoms with E-state index in [1.807, 2.05) is 0 Å². The van der Waals surface area contributed by atoms with E-state index < -0.39 is 0 Å². The van der Waals surface area contributed by atoms with Crippen LogP contribution in [0.25, 0.3) is 0 Å². The van der Waals surface area contributed by atoms with Crippen molar-refractivity contribution in [3.05, 3.63) is 35.9 Å². The van der Waals surface area contributed by atoms with Crippen LogP contribution in [0, 0.1) is 0 Å². The van der Waals surface area contributed by atoms with Crippen LogP contribution in [0.1, 0.15) is 38.2 Å². The average Bonchev–Trinajstić information content (AvgIpc) is 2.47. The summed E-state index contributed by atoms with van der Waals surface area (Å²) in [6.45, 7) is 4.73. The first-order valence-electron chi connectivity index (χ1n) is 7.73. The molecule has 1 fully saturated rings. The van der Waals surface area contributed by atoms with Crippen molar-refractivity contribution >= 4 is 0 Å². The molecule has 0 radical (unpaired) electrons. The van der Waals surface area contributed by atoms with Crippen LogP contribution < -0.4 is 5.32 Å². The van der Waals surface area contributed by atoms with Crippen molar-refractivity contribution in [3.8, 4) is 0 Å². The molecule has 2 rings (SSSR count). The maximum atomic E-state index is 3.65. The van der Waals surface area contributed by atoms with Gasteiger partial charge in [0.05, 0.1) is 0 Å². The van der Waals surface area contributed by atoms with E-state index in [1.165, 1.54) is 37.8 Å². The lowest BCUT2D eigenvalue weighted by Crippen LogP contribution is -2.41. The number of nitrogens with zero attached hydrogens (tertiary/aromatic N) is 1. The van der Waals surface area contributed by atoms with Crippen LogP contribution in [0.15, 0.2) is 30.3 Å². The molecule has 0 spiro atoms. The summed E-state index contributed by atoms with van der Waals surface area (Å²) in [5.41, 5.74) is 1.44. The first-order valence-corrected chi connectivity index (χ1v) is 7.73. The SMILES string of the molecule is CC(CC1CCCCN1)N(C)CCc1ccccc1. The summed E-state index contributed by atoms with van der Waals surface area (Å²) in [4.78, 5) is 2.50. The predicted molar refractivity (Wildman–Crippen MR) is 82.5 cm³/mol. The number of hydrogen-bond acceptors (Lipinski definition) is 2. The topological polar surface area (TPSA) is 15.3 Å². The number of likely N-dealkylation sites (N-methyl/N-ethyl adjacent to an activating group) is 1. The van der Waals surface area contributed by atoms with Gasteiger partial charge in [-0.1, -0.05) is 36.8 Å². The smallest absolute Gasteiger partial charge is 0.00818 e. The molecule has 0 amide bonds. The Hall–Kier alpha value is -0.860. The molecule has 2 atom stereocenters. The second kappa shape index (κ2) is 7.66. The average molecular weight is 260 g/mol. The fourth-order valence-corrected chi connectivity index (χ4v) is 2.89. The summed E-state index contributed by atoms with van der Waals surface area (Å²) >= 11 is 0. The second-order valence-corrected chi connectivity index (χ2v) is 5.95. The first-order chi connectivity index (χ1) is 9.25. The van der Waals surface area contributed by atoms with Gasteiger partial charge in [0.2, 0.25) is 0 Å². The molecule has 2 unspecified atom stereocenters. The van der Waals surface area contributed by atoms with Gasteiger partial charge < -0.3 is 10.2 Å². The van der Waals surface area contributed by atoms with Crippen molar-refractivity contribution in [1.82, 2.24) is 10.2 Å². The second-order valence-electron chi connectivity index (χ2n) is 5.95. The summed E-state index contributed by atoms with van der Waals surface area (Å²) < 4.78 is 0. The Morgan fingerprint density at radius 1 is 1.26 bits per heavy atom. The third-order valence-electron chi connectivity index (χ3n) is 4.39. The normalized spacial score (nSPS) is 21.5. The standard InChI is InChI=1S/C17H28N2/c1-15(14-17-10-6-7-12-18-17)19(2)13-11-16-8-4-3-5-9-16/h3-5,8-9,15,17-18H,6-7,10-14H2,1-2H3. The van der Waals surface area contributed by atoms with E-state index in [9.17, 15) is 0 Å².